The van der Waals surface area contributed by atoms with E-state index in [1.165, 1.54) is 82.8 Å². The van der Waals surface area contributed by atoms with Crippen molar-refractivity contribution < 1.29 is 8.78 Å². The van der Waals surface area contributed by atoms with Gasteiger partial charge in [0.05, 0.1) is 8.07 Å². The maximum Gasteiger partial charge on any atom is 0.159 e. The molecule has 0 bridgehead atoms. The SMILES string of the molecule is CCCCCC1CC[Si](C)(CCCC[C@H]2CC[C@H](c3ccc(F)c(F)c3)CC2)CC1. The third-order valence-corrected chi connectivity index (χ3v) is 13.0. The molecular formula is C27H44F2Si. The zero-order valence-electron chi connectivity index (χ0n) is 19.5. The lowest BCUT2D eigenvalue weighted by molar-refractivity contribution is 0.303. The van der Waals surface area contributed by atoms with Gasteiger partial charge in [0, 0.05) is 0 Å². The summed E-state index contributed by atoms with van der Waals surface area (Å²) in [7, 11) is -0.944. The summed E-state index contributed by atoms with van der Waals surface area (Å²) in [6, 6.07) is 9.22. The molecule has 1 saturated heterocycles. The third-order valence-electron chi connectivity index (χ3n) is 8.43. The van der Waals surface area contributed by atoms with Crippen molar-refractivity contribution in [1.82, 2.24) is 0 Å². The Bertz CT molecular complexity index is 628. The van der Waals surface area contributed by atoms with Crippen LogP contribution in [0.4, 0.5) is 8.78 Å². The molecule has 3 heteroatoms. The van der Waals surface area contributed by atoms with Crippen molar-refractivity contribution in [2.45, 2.75) is 121 Å². The van der Waals surface area contributed by atoms with Crippen LogP contribution in [0.2, 0.25) is 24.7 Å². The fourth-order valence-corrected chi connectivity index (χ4v) is 10.2. The van der Waals surface area contributed by atoms with Gasteiger partial charge < -0.3 is 0 Å². The van der Waals surface area contributed by atoms with Crippen LogP contribution in [0.3, 0.4) is 0 Å². The third kappa shape index (κ3) is 7.17. The van der Waals surface area contributed by atoms with Crippen LogP contribution < -0.4 is 0 Å². The van der Waals surface area contributed by atoms with Crippen molar-refractivity contribution >= 4 is 8.07 Å². The molecular weight excluding hydrogens is 390 g/mol. The highest BCUT2D eigenvalue weighted by Crippen LogP contribution is 2.40. The first-order chi connectivity index (χ1) is 14.5. The van der Waals surface area contributed by atoms with Gasteiger partial charge in [0.1, 0.15) is 0 Å². The minimum atomic E-state index is -0.944. The van der Waals surface area contributed by atoms with E-state index in [0.717, 1.165) is 30.2 Å². The van der Waals surface area contributed by atoms with E-state index < -0.39 is 19.7 Å². The summed E-state index contributed by atoms with van der Waals surface area (Å²) in [6.45, 7) is 4.99. The van der Waals surface area contributed by atoms with Gasteiger partial charge in [0.25, 0.3) is 0 Å². The monoisotopic (exact) mass is 434 g/mol. The number of benzene rings is 1. The molecule has 0 aromatic heterocycles. The second-order valence-corrected chi connectivity index (χ2v) is 16.0. The van der Waals surface area contributed by atoms with Gasteiger partial charge in [-0.1, -0.05) is 95.5 Å². The van der Waals surface area contributed by atoms with Gasteiger partial charge in [0.15, 0.2) is 11.6 Å². The molecule has 2 aliphatic rings. The fraction of sp³-hybridized carbons (Fsp3) is 0.778. The molecule has 1 aromatic rings. The topological polar surface area (TPSA) is 0 Å². The molecule has 1 aliphatic carbocycles. The smallest absolute Gasteiger partial charge is 0.159 e. The first-order valence-electron chi connectivity index (χ1n) is 12.9. The quantitative estimate of drug-likeness (QED) is 0.254. The van der Waals surface area contributed by atoms with Gasteiger partial charge in [-0.2, -0.15) is 0 Å². The Hall–Kier alpha value is -0.703. The maximum absolute atomic E-state index is 13.5. The van der Waals surface area contributed by atoms with Gasteiger partial charge >= 0.3 is 0 Å². The Labute approximate surface area is 185 Å². The molecule has 1 aliphatic heterocycles. The second kappa shape index (κ2) is 11.8. The van der Waals surface area contributed by atoms with E-state index in [1.807, 2.05) is 0 Å². The van der Waals surface area contributed by atoms with Crippen LogP contribution in [0.15, 0.2) is 18.2 Å². The number of hydrogen-bond donors (Lipinski definition) is 0. The van der Waals surface area contributed by atoms with Crippen LogP contribution in [-0.2, 0) is 0 Å². The summed E-state index contributed by atoms with van der Waals surface area (Å²) >= 11 is 0. The Morgan fingerprint density at radius 3 is 2.07 bits per heavy atom. The average Bonchev–Trinajstić information content (AvgIpc) is 2.75. The minimum absolute atomic E-state index is 0.426. The van der Waals surface area contributed by atoms with Crippen molar-refractivity contribution in [3.05, 3.63) is 35.4 Å². The van der Waals surface area contributed by atoms with Gasteiger partial charge in [-0.25, -0.2) is 8.78 Å². The number of hydrogen-bond acceptors (Lipinski definition) is 0. The average molecular weight is 435 g/mol. The van der Waals surface area contributed by atoms with E-state index in [1.54, 1.807) is 24.2 Å². The first kappa shape index (κ1) is 23.9. The molecule has 0 unspecified atom stereocenters. The van der Waals surface area contributed by atoms with Crippen LogP contribution in [0.1, 0.15) is 102 Å². The number of rotatable bonds is 10. The van der Waals surface area contributed by atoms with Crippen molar-refractivity contribution in [2.75, 3.05) is 0 Å². The van der Waals surface area contributed by atoms with Crippen molar-refractivity contribution in [2.24, 2.45) is 11.8 Å². The lowest BCUT2D eigenvalue weighted by Crippen LogP contribution is -2.34. The maximum atomic E-state index is 13.5. The minimum Gasteiger partial charge on any atom is -0.204 e. The zero-order valence-corrected chi connectivity index (χ0v) is 20.5. The highest BCUT2D eigenvalue weighted by atomic mass is 28.3. The molecule has 0 amide bonds. The predicted molar refractivity (Wildman–Crippen MR) is 128 cm³/mol. The van der Waals surface area contributed by atoms with E-state index in [2.05, 4.69) is 13.5 Å². The standard InChI is InChI=1S/C27H44F2Si/c1-3-4-5-8-23-16-19-30(2,20-17-23)18-7-6-9-22-10-12-24(13-11-22)25-14-15-26(28)27(29)21-25/h14-15,21-24H,3-13,16-20H2,1-2H3/t22-,23?,24-,30?. The van der Waals surface area contributed by atoms with E-state index in [4.69, 9.17) is 0 Å². The van der Waals surface area contributed by atoms with Gasteiger partial charge in [-0.05, 0) is 61.1 Å². The summed E-state index contributed by atoms with van der Waals surface area (Å²) in [5.41, 5.74) is 0.997. The van der Waals surface area contributed by atoms with E-state index in [0.29, 0.717) is 5.92 Å². The van der Waals surface area contributed by atoms with Gasteiger partial charge in [-0.15, -0.1) is 0 Å². The number of halogens is 2. The van der Waals surface area contributed by atoms with E-state index in [9.17, 15) is 8.78 Å². The fourth-order valence-electron chi connectivity index (χ4n) is 6.13. The molecule has 170 valence electrons. The lowest BCUT2D eigenvalue weighted by atomic mass is 9.77. The Balaban J connectivity index is 1.29. The molecule has 0 atom stereocenters. The summed E-state index contributed by atoms with van der Waals surface area (Å²) in [5, 5.41) is 0. The molecule has 1 saturated carbocycles. The van der Waals surface area contributed by atoms with Crippen molar-refractivity contribution in [1.29, 1.82) is 0 Å². The first-order valence-corrected chi connectivity index (χ1v) is 16.1. The normalized spacial score (nSPS) is 29.8. The lowest BCUT2D eigenvalue weighted by Gasteiger charge is -2.36. The molecule has 0 N–H and O–H groups in total. The number of unbranched alkanes of at least 4 members (excludes halogenated alkanes) is 3. The molecule has 0 radical (unpaired) electrons. The van der Waals surface area contributed by atoms with Gasteiger partial charge in [0.2, 0.25) is 0 Å². The summed E-state index contributed by atoms with van der Waals surface area (Å²) in [6.07, 6.45) is 17.8. The Morgan fingerprint density at radius 2 is 1.43 bits per heavy atom. The van der Waals surface area contributed by atoms with Crippen LogP contribution in [0.5, 0.6) is 0 Å². The molecule has 2 fully saturated rings. The van der Waals surface area contributed by atoms with Crippen LogP contribution >= 0.6 is 0 Å². The van der Waals surface area contributed by atoms with Gasteiger partial charge in [-0.3, -0.25) is 0 Å². The molecule has 1 aromatic carbocycles. The summed E-state index contributed by atoms with van der Waals surface area (Å²) < 4.78 is 26.7. The summed E-state index contributed by atoms with van der Waals surface area (Å²) in [4.78, 5) is 0. The molecule has 3 rings (SSSR count). The van der Waals surface area contributed by atoms with Crippen molar-refractivity contribution in [3.8, 4) is 0 Å². The summed E-state index contributed by atoms with van der Waals surface area (Å²) in [5.74, 6) is 0.907. The molecule has 30 heavy (non-hydrogen) atoms. The highest BCUT2D eigenvalue weighted by Gasteiger charge is 2.32. The molecule has 1 heterocycles. The molecule has 0 spiro atoms. The van der Waals surface area contributed by atoms with E-state index in [-0.39, 0.29) is 0 Å². The van der Waals surface area contributed by atoms with E-state index >= 15 is 0 Å². The van der Waals surface area contributed by atoms with Crippen LogP contribution in [0, 0.1) is 23.5 Å². The molecule has 0 nitrogen and oxygen atoms in total. The largest absolute Gasteiger partial charge is 0.204 e. The zero-order chi connectivity index (χ0) is 21.4. The van der Waals surface area contributed by atoms with Crippen LogP contribution in [-0.4, -0.2) is 8.07 Å². The Kier molecular flexibility index (Phi) is 9.41. The highest BCUT2D eigenvalue weighted by molar-refractivity contribution is 6.78. The second-order valence-electron chi connectivity index (χ2n) is 10.9. The Morgan fingerprint density at radius 1 is 0.800 bits per heavy atom. The van der Waals surface area contributed by atoms with Crippen molar-refractivity contribution in [3.63, 3.8) is 0 Å². The predicted octanol–water partition coefficient (Wildman–Crippen LogP) is 9.48. The van der Waals surface area contributed by atoms with Crippen LogP contribution in [0.25, 0.3) is 0 Å².